The topological polar surface area (TPSA) is 83.4 Å². The molecule has 2 aromatic rings. The fourth-order valence-corrected chi connectivity index (χ4v) is 3.97. The molecule has 1 atom stereocenters. The predicted octanol–water partition coefficient (Wildman–Crippen LogP) is 1.48. The molecule has 1 aliphatic rings. The Bertz CT molecular complexity index is 858. The Morgan fingerprint density at radius 1 is 1.10 bits per heavy atom. The van der Waals surface area contributed by atoms with Crippen molar-refractivity contribution in [1.29, 1.82) is 0 Å². The molecule has 1 N–H and O–H groups in total. The first-order chi connectivity index (χ1) is 13.8. The number of piperazine rings is 1. The van der Waals surface area contributed by atoms with Crippen LogP contribution in [-0.4, -0.2) is 75.4 Å². The molecule has 3 rings (SSSR count). The van der Waals surface area contributed by atoms with Crippen LogP contribution in [0, 0.1) is 6.92 Å². The Morgan fingerprint density at radius 2 is 1.76 bits per heavy atom. The van der Waals surface area contributed by atoms with E-state index in [1.54, 1.807) is 12.1 Å². The van der Waals surface area contributed by atoms with Gasteiger partial charge in [-0.05, 0) is 33.0 Å². The van der Waals surface area contributed by atoms with Crippen molar-refractivity contribution in [1.82, 2.24) is 29.9 Å². The highest BCUT2D eigenvalue weighted by Crippen LogP contribution is 2.20. The lowest BCUT2D eigenvalue weighted by molar-refractivity contribution is -0.129. The zero-order valence-corrected chi connectivity index (χ0v) is 18.2. The summed E-state index contributed by atoms with van der Waals surface area (Å²) in [6.45, 7) is 7.20. The molecule has 1 fully saturated rings. The lowest BCUT2D eigenvalue weighted by Gasteiger charge is -2.32. The zero-order chi connectivity index (χ0) is 21.0. The molecule has 0 aliphatic carbocycles. The molecule has 1 aliphatic heterocycles. The molecule has 2 heterocycles. The summed E-state index contributed by atoms with van der Waals surface area (Å²) < 4.78 is 1.84. The van der Waals surface area contributed by atoms with E-state index in [-0.39, 0.29) is 17.9 Å². The average molecular weight is 417 g/mol. The minimum atomic E-state index is -0.302. The number of hydrogen-bond donors (Lipinski definition) is 1. The van der Waals surface area contributed by atoms with Crippen LogP contribution in [0.15, 0.2) is 29.4 Å². The SMILES string of the molecule is Cc1ccc(C(=O)N[C@@H](C)c2nnc(SCC(=O)N3CCN(C)CC3)n2C)cc1. The maximum Gasteiger partial charge on any atom is 0.251 e. The van der Waals surface area contributed by atoms with Gasteiger partial charge in [0.15, 0.2) is 11.0 Å². The Morgan fingerprint density at radius 3 is 2.41 bits per heavy atom. The Labute approximate surface area is 175 Å². The Kier molecular flexibility index (Phi) is 6.92. The van der Waals surface area contributed by atoms with E-state index < -0.39 is 0 Å². The highest BCUT2D eigenvalue weighted by molar-refractivity contribution is 7.99. The van der Waals surface area contributed by atoms with E-state index in [0.717, 1.165) is 31.7 Å². The van der Waals surface area contributed by atoms with Gasteiger partial charge >= 0.3 is 0 Å². The van der Waals surface area contributed by atoms with Gasteiger partial charge in [-0.1, -0.05) is 29.5 Å². The number of likely N-dealkylation sites (N-methyl/N-ethyl adjacent to an activating group) is 1. The van der Waals surface area contributed by atoms with Gasteiger partial charge in [-0.15, -0.1) is 10.2 Å². The molecule has 0 bridgehead atoms. The van der Waals surface area contributed by atoms with Gasteiger partial charge in [0.1, 0.15) is 0 Å². The van der Waals surface area contributed by atoms with Crippen LogP contribution in [0.4, 0.5) is 0 Å². The fourth-order valence-electron chi connectivity index (χ4n) is 3.15. The molecule has 1 saturated heterocycles. The second-order valence-corrected chi connectivity index (χ2v) is 8.38. The molecule has 1 aromatic carbocycles. The Balaban J connectivity index is 1.56. The average Bonchev–Trinajstić information content (AvgIpc) is 3.07. The van der Waals surface area contributed by atoms with E-state index in [1.807, 2.05) is 42.5 Å². The van der Waals surface area contributed by atoms with Crippen molar-refractivity contribution in [2.75, 3.05) is 39.0 Å². The summed E-state index contributed by atoms with van der Waals surface area (Å²) >= 11 is 1.38. The van der Waals surface area contributed by atoms with E-state index in [4.69, 9.17) is 0 Å². The minimum Gasteiger partial charge on any atom is -0.342 e. The number of thioether (sulfide) groups is 1. The van der Waals surface area contributed by atoms with Crippen molar-refractivity contribution in [2.45, 2.75) is 25.0 Å². The Hall–Kier alpha value is -2.39. The van der Waals surface area contributed by atoms with Crippen molar-refractivity contribution < 1.29 is 9.59 Å². The molecule has 0 spiro atoms. The molecule has 0 radical (unpaired) electrons. The number of hydrogen-bond acceptors (Lipinski definition) is 6. The second kappa shape index (κ2) is 9.41. The molecule has 156 valence electrons. The van der Waals surface area contributed by atoms with Gasteiger partial charge in [0.2, 0.25) is 5.91 Å². The first-order valence-corrected chi connectivity index (χ1v) is 10.7. The zero-order valence-electron chi connectivity index (χ0n) is 17.4. The molecule has 29 heavy (non-hydrogen) atoms. The quantitative estimate of drug-likeness (QED) is 0.719. The third-order valence-electron chi connectivity index (χ3n) is 5.10. The molecular weight excluding hydrogens is 388 g/mol. The van der Waals surface area contributed by atoms with Gasteiger partial charge in [-0.25, -0.2) is 0 Å². The number of nitrogens with one attached hydrogen (secondary N) is 1. The summed E-state index contributed by atoms with van der Waals surface area (Å²) in [5, 5.41) is 12.0. The van der Waals surface area contributed by atoms with Gasteiger partial charge in [0.05, 0.1) is 11.8 Å². The van der Waals surface area contributed by atoms with E-state index in [1.165, 1.54) is 11.8 Å². The lowest BCUT2D eigenvalue weighted by Crippen LogP contribution is -2.47. The molecule has 0 saturated carbocycles. The number of amides is 2. The number of nitrogens with zero attached hydrogens (tertiary/aromatic N) is 5. The molecule has 8 nitrogen and oxygen atoms in total. The number of aryl methyl sites for hydroxylation is 1. The highest BCUT2D eigenvalue weighted by Gasteiger charge is 2.22. The fraction of sp³-hybridized carbons (Fsp3) is 0.500. The van der Waals surface area contributed by atoms with Crippen molar-refractivity contribution in [3.63, 3.8) is 0 Å². The maximum atomic E-state index is 12.4. The van der Waals surface area contributed by atoms with Crippen LogP contribution in [0.25, 0.3) is 0 Å². The summed E-state index contributed by atoms with van der Waals surface area (Å²) in [5.41, 5.74) is 1.72. The van der Waals surface area contributed by atoms with E-state index >= 15 is 0 Å². The van der Waals surface area contributed by atoms with Crippen LogP contribution in [0.5, 0.6) is 0 Å². The number of rotatable bonds is 6. The first kappa shape index (κ1) is 21.3. The van der Waals surface area contributed by atoms with Crippen LogP contribution in [-0.2, 0) is 11.8 Å². The number of aromatic nitrogens is 3. The van der Waals surface area contributed by atoms with Gasteiger partial charge in [-0.2, -0.15) is 0 Å². The number of carbonyl (C=O) groups is 2. The summed E-state index contributed by atoms with van der Waals surface area (Å²) in [7, 11) is 3.92. The summed E-state index contributed by atoms with van der Waals surface area (Å²) in [4.78, 5) is 29.0. The van der Waals surface area contributed by atoms with E-state index in [0.29, 0.717) is 22.3 Å². The smallest absolute Gasteiger partial charge is 0.251 e. The molecule has 0 unspecified atom stereocenters. The summed E-state index contributed by atoms with van der Waals surface area (Å²) in [6, 6.07) is 7.13. The second-order valence-electron chi connectivity index (χ2n) is 7.43. The van der Waals surface area contributed by atoms with Crippen molar-refractivity contribution in [2.24, 2.45) is 7.05 Å². The van der Waals surface area contributed by atoms with Crippen molar-refractivity contribution >= 4 is 23.6 Å². The van der Waals surface area contributed by atoms with Gasteiger partial charge in [-0.3, -0.25) is 9.59 Å². The van der Waals surface area contributed by atoms with Crippen LogP contribution in [0.1, 0.15) is 34.7 Å². The monoisotopic (exact) mass is 416 g/mol. The van der Waals surface area contributed by atoms with Crippen LogP contribution >= 0.6 is 11.8 Å². The van der Waals surface area contributed by atoms with Crippen molar-refractivity contribution in [3.8, 4) is 0 Å². The van der Waals surface area contributed by atoms with Gasteiger partial charge in [0.25, 0.3) is 5.91 Å². The molecule has 9 heteroatoms. The normalized spacial score (nSPS) is 15.9. The predicted molar refractivity (Wildman–Crippen MR) is 113 cm³/mol. The summed E-state index contributed by atoms with van der Waals surface area (Å²) in [6.07, 6.45) is 0. The highest BCUT2D eigenvalue weighted by atomic mass is 32.2. The van der Waals surface area contributed by atoms with Crippen LogP contribution in [0.3, 0.4) is 0 Å². The maximum absolute atomic E-state index is 12.4. The molecule has 1 aromatic heterocycles. The van der Waals surface area contributed by atoms with Gasteiger partial charge in [0, 0.05) is 38.8 Å². The van der Waals surface area contributed by atoms with E-state index in [2.05, 4.69) is 27.5 Å². The third kappa shape index (κ3) is 5.36. The van der Waals surface area contributed by atoms with Crippen molar-refractivity contribution in [3.05, 3.63) is 41.2 Å². The van der Waals surface area contributed by atoms with E-state index in [9.17, 15) is 9.59 Å². The third-order valence-corrected chi connectivity index (χ3v) is 6.10. The minimum absolute atomic E-state index is 0.119. The number of carbonyl (C=O) groups excluding carboxylic acids is 2. The number of benzene rings is 1. The summed E-state index contributed by atoms with van der Waals surface area (Å²) in [5.74, 6) is 0.952. The first-order valence-electron chi connectivity index (χ1n) is 9.71. The largest absolute Gasteiger partial charge is 0.342 e. The lowest BCUT2D eigenvalue weighted by atomic mass is 10.1. The van der Waals surface area contributed by atoms with Gasteiger partial charge < -0.3 is 19.7 Å². The van der Waals surface area contributed by atoms with Crippen LogP contribution < -0.4 is 5.32 Å². The molecular formula is C20H28N6O2S. The molecule has 2 amide bonds. The van der Waals surface area contributed by atoms with Crippen LogP contribution in [0.2, 0.25) is 0 Å². The standard InChI is InChI=1S/C20H28N6O2S/c1-14-5-7-16(8-6-14)19(28)21-15(2)18-22-23-20(25(18)4)29-13-17(27)26-11-9-24(3)10-12-26/h5-8,15H,9-13H2,1-4H3,(H,21,28)/t15-/m0/s1.